The van der Waals surface area contributed by atoms with Crippen LogP contribution in [0.5, 0.6) is 5.75 Å². The zero-order valence-corrected chi connectivity index (χ0v) is 14.2. The molecule has 1 aromatic heterocycles. The number of fused-ring (bicyclic) bond motifs is 1. The summed E-state index contributed by atoms with van der Waals surface area (Å²) in [7, 11) is 0. The number of hydrogen-bond donors (Lipinski definition) is 1. The second-order valence-electron chi connectivity index (χ2n) is 6.41. The SMILES string of the molecule is Clc1ccc2c(c1)N=C(Nc1cccnc1)[C@@H](C1CCCCC1)O2. The van der Waals surface area contributed by atoms with E-state index < -0.39 is 0 Å². The summed E-state index contributed by atoms with van der Waals surface area (Å²) >= 11 is 6.11. The van der Waals surface area contributed by atoms with Crippen LogP contribution in [-0.4, -0.2) is 16.9 Å². The van der Waals surface area contributed by atoms with Crippen molar-refractivity contribution in [3.8, 4) is 5.75 Å². The van der Waals surface area contributed by atoms with E-state index >= 15 is 0 Å². The van der Waals surface area contributed by atoms with Gasteiger partial charge < -0.3 is 10.1 Å². The Morgan fingerprint density at radius 3 is 2.79 bits per heavy atom. The molecule has 0 amide bonds. The van der Waals surface area contributed by atoms with E-state index in [4.69, 9.17) is 21.3 Å². The minimum atomic E-state index is -0.0424. The fourth-order valence-corrected chi connectivity index (χ4v) is 3.67. The van der Waals surface area contributed by atoms with Gasteiger partial charge in [0, 0.05) is 17.1 Å². The number of pyridine rings is 1. The molecule has 0 spiro atoms. The molecule has 5 heteroatoms. The molecule has 1 aromatic carbocycles. The molecule has 24 heavy (non-hydrogen) atoms. The van der Waals surface area contributed by atoms with Gasteiger partial charge in [-0.1, -0.05) is 30.9 Å². The van der Waals surface area contributed by atoms with Crippen LogP contribution in [0.25, 0.3) is 0 Å². The first-order valence-electron chi connectivity index (χ1n) is 8.51. The first-order chi connectivity index (χ1) is 11.8. The van der Waals surface area contributed by atoms with Crippen LogP contribution in [0, 0.1) is 5.92 Å². The summed E-state index contributed by atoms with van der Waals surface area (Å²) in [6.07, 6.45) is 9.72. The Bertz CT molecular complexity index is 742. The van der Waals surface area contributed by atoms with Gasteiger partial charge in [-0.3, -0.25) is 4.98 Å². The van der Waals surface area contributed by atoms with Gasteiger partial charge >= 0.3 is 0 Å². The predicted octanol–water partition coefficient (Wildman–Crippen LogP) is 5.22. The fourth-order valence-electron chi connectivity index (χ4n) is 3.50. The summed E-state index contributed by atoms with van der Waals surface area (Å²) in [5.41, 5.74) is 1.70. The van der Waals surface area contributed by atoms with Crippen molar-refractivity contribution in [1.82, 2.24) is 4.98 Å². The number of hydrogen-bond acceptors (Lipinski definition) is 4. The van der Waals surface area contributed by atoms with Crippen molar-refractivity contribution in [2.45, 2.75) is 38.2 Å². The number of benzene rings is 1. The molecule has 0 radical (unpaired) electrons. The molecule has 1 atom stereocenters. The second-order valence-corrected chi connectivity index (χ2v) is 6.85. The maximum absolute atomic E-state index is 6.34. The third kappa shape index (κ3) is 3.24. The van der Waals surface area contributed by atoms with Crippen LogP contribution in [0.2, 0.25) is 5.02 Å². The highest BCUT2D eigenvalue weighted by Crippen LogP contribution is 2.39. The maximum atomic E-state index is 6.34. The van der Waals surface area contributed by atoms with Crippen LogP contribution < -0.4 is 10.1 Å². The summed E-state index contributed by atoms with van der Waals surface area (Å²) in [6, 6.07) is 9.51. The Morgan fingerprint density at radius 1 is 1.12 bits per heavy atom. The summed E-state index contributed by atoms with van der Waals surface area (Å²) < 4.78 is 6.34. The number of nitrogens with one attached hydrogen (secondary N) is 1. The molecule has 2 heterocycles. The minimum absolute atomic E-state index is 0.0424. The highest BCUT2D eigenvalue weighted by Gasteiger charge is 2.33. The fraction of sp³-hybridized carbons (Fsp3) is 0.368. The van der Waals surface area contributed by atoms with Crippen LogP contribution in [0.1, 0.15) is 32.1 Å². The average Bonchev–Trinajstić information content (AvgIpc) is 2.63. The van der Waals surface area contributed by atoms with Crippen LogP contribution in [0.15, 0.2) is 47.7 Å². The van der Waals surface area contributed by atoms with Crippen LogP contribution in [0.3, 0.4) is 0 Å². The number of amidine groups is 1. The number of halogens is 1. The lowest BCUT2D eigenvalue weighted by Gasteiger charge is -2.34. The van der Waals surface area contributed by atoms with Gasteiger partial charge in [-0.15, -0.1) is 0 Å². The van der Waals surface area contributed by atoms with Gasteiger partial charge in [0.15, 0.2) is 6.10 Å². The number of aliphatic imine (C=N–C) groups is 1. The zero-order chi connectivity index (χ0) is 16.4. The zero-order valence-electron chi connectivity index (χ0n) is 13.4. The summed E-state index contributed by atoms with van der Waals surface area (Å²) in [5, 5.41) is 4.07. The van der Waals surface area contributed by atoms with Crippen molar-refractivity contribution in [2.75, 3.05) is 5.32 Å². The average molecular weight is 342 g/mol. The molecule has 4 rings (SSSR count). The molecule has 124 valence electrons. The van der Waals surface area contributed by atoms with Crippen molar-refractivity contribution >= 4 is 28.8 Å². The van der Waals surface area contributed by atoms with E-state index in [1.807, 2.05) is 30.3 Å². The highest BCUT2D eigenvalue weighted by atomic mass is 35.5. The smallest absolute Gasteiger partial charge is 0.159 e. The van der Waals surface area contributed by atoms with Gasteiger partial charge in [0.2, 0.25) is 0 Å². The monoisotopic (exact) mass is 341 g/mol. The second kappa shape index (κ2) is 6.81. The lowest BCUT2D eigenvalue weighted by molar-refractivity contribution is 0.159. The van der Waals surface area contributed by atoms with E-state index in [-0.39, 0.29) is 6.10 Å². The largest absolute Gasteiger partial charge is 0.480 e. The number of anilines is 1. The molecular weight excluding hydrogens is 322 g/mol. The Hall–Kier alpha value is -2.07. The third-order valence-electron chi connectivity index (χ3n) is 4.70. The van der Waals surface area contributed by atoms with E-state index in [0.717, 1.165) is 23.0 Å². The Labute approximate surface area is 146 Å². The first-order valence-corrected chi connectivity index (χ1v) is 8.89. The molecule has 2 aromatic rings. The topological polar surface area (TPSA) is 46.5 Å². The van der Waals surface area contributed by atoms with Crippen LogP contribution in [0.4, 0.5) is 11.4 Å². The van der Waals surface area contributed by atoms with E-state index in [0.29, 0.717) is 10.9 Å². The molecule has 0 unspecified atom stereocenters. The lowest BCUT2D eigenvalue weighted by Crippen LogP contribution is -2.41. The molecule has 2 aliphatic rings. The Kier molecular flexibility index (Phi) is 4.39. The van der Waals surface area contributed by atoms with Crippen molar-refractivity contribution in [2.24, 2.45) is 10.9 Å². The minimum Gasteiger partial charge on any atom is -0.480 e. The number of ether oxygens (including phenoxy) is 1. The highest BCUT2D eigenvalue weighted by molar-refractivity contribution is 6.31. The molecule has 1 fully saturated rings. The van der Waals surface area contributed by atoms with Crippen LogP contribution >= 0.6 is 11.6 Å². The van der Waals surface area contributed by atoms with Gasteiger partial charge in [-0.25, -0.2) is 4.99 Å². The third-order valence-corrected chi connectivity index (χ3v) is 4.93. The van der Waals surface area contributed by atoms with Crippen molar-refractivity contribution in [3.05, 3.63) is 47.7 Å². The molecule has 1 aliphatic heterocycles. The van der Waals surface area contributed by atoms with E-state index in [9.17, 15) is 0 Å². The van der Waals surface area contributed by atoms with E-state index in [1.165, 1.54) is 32.1 Å². The molecule has 1 N–H and O–H groups in total. The van der Waals surface area contributed by atoms with E-state index in [2.05, 4.69) is 10.3 Å². The van der Waals surface area contributed by atoms with Crippen molar-refractivity contribution in [1.29, 1.82) is 0 Å². The van der Waals surface area contributed by atoms with E-state index in [1.54, 1.807) is 12.4 Å². The molecule has 1 saturated carbocycles. The molecule has 1 aliphatic carbocycles. The molecular formula is C19H20ClN3O. The first kappa shape index (κ1) is 15.5. The Morgan fingerprint density at radius 2 is 2.00 bits per heavy atom. The van der Waals surface area contributed by atoms with Gasteiger partial charge in [0.1, 0.15) is 17.3 Å². The van der Waals surface area contributed by atoms with Crippen LogP contribution in [-0.2, 0) is 0 Å². The summed E-state index contributed by atoms with van der Waals surface area (Å²) in [5.74, 6) is 2.15. The van der Waals surface area contributed by atoms with Crippen molar-refractivity contribution < 1.29 is 4.74 Å². The summed E-state index contributed by atoms with van der Waals surface area (Å²) in [6.45, 7) is 0. The van der Waals surface area contributed by atoms with Gasteiger partial charge in [0.05, 0.1) is 11.9 Å². The molecule has 4 nitrogen and oxygen atoms in total. The molecule has 0 saturated heterocycles. The van der Waals surface area contributed by atoms with Crippen molar-refractivity contribution in [3.63, 3.8) is 0 Å². The van der Waals surface area contributed by atoms with Gasteiger partial charge in [-0.05, 0) is 43.2 Å². The van der Waals surface area contributed by atoms with Gasteiger partial charge in [-0.2, -0.15) is 0 Å². The maximum Gasteiger partial charge on any atom is 0.159 e. The normalized spacial score (nSPS) is 20.7. The predicted molar refractivity (Wildman–Crippen MR) is 97.4 cm³/mol. The Balaban J connectivity index is 1.68. The molecule has 0 bridgehead atoms. The quantitative estimate of drug-likeness (QED) is 0.814. The number of nitrogens with zero attached hydrogens (tertiary/aromatic N) is 2. The number of rotatable bonds is 2. The standard InChI is InChI=1S/C19H20ClN3O/c20-14-8-9-17-16(11-14)23-19(22-15-7-4-10-21-12-15)18(24-17)13-5-2-1-3-6-13/h4,7-13,18H,1-3,5-6H2,(H,22,23)/t18-/m1/s1. The summed E-state index contributed by atoms with van der Waals surface area (Å²) in [4.78, 5) is 8.99. The number of aromatic nitrogens is 1. The lowest BCUT2D eigenvalue weighted by atomic mass is 9.84. The van der Waals surface area contributed by atoms with Gasteiger partial charge in [0.25, 0.3) is 0 Å².